The zero-order valence-corrected chi connectivity index (χ0v) is 23.6. The molecule has 0 bridgehead atoms. The van der Waals surface area contributed by atoms with E-state index in [-0.39, 0.29) is 47.0 Å². The van der Waals surface area contributed by atoms with E-state index in [0.29, 0.717) is 30.0 Å². The number of aromatic amines is 1. The second kappa shape index (κ2) is 11.9. The van der Waals surface area contributed by atoms with Crippen LogP contribution in [0.3, 0.4) is 0 Å². The van der Waals surface area contributed by atoms with E-state index in [9.17, 15) is 14.0 Å². The molecule has 1 aromatic heterocycles. The van der Waals surface area contributed by atoms with Crippen molar-refractivity contribution in [3.05, 3.63) is 59.4 Å². The van der Waals surface area contributed by atoms with Crippen LogP contribution < -0.4 is 5.73 Å². The molecule has 1 saturated carbocycles. The molecule has 1 amide bonds. The summed E-state index contributed by atoms with van der Waals surface area (Å²) >= 11 is 0. The highest BCUT2D eigenvalue weighted by molar-refractivity contribution is 6.10. The summed E-state index contributed by atoms with van der Waals surface area (Å²) in [4.78, 5) is 36.9. The predicted octanol–water partition coefficient (Wildman–Crippen LogP) is 5.76. The maximum Gasteiger partial charge on any atom is 0.242 e. The van der Waals surface area contributed by atoms with E-state index in [0.717, 1.165) is 44.1 Å². The number of ketones is 1. The number of likely N-dealkylation sites (tertiary alicyclic amines) is 1. The second-order valence-corrected chi connectivity index (χ2v) is 11.9. The van der Waals surface area contributed by atoms with Gasteiger partial charge in [-0.3, -0.25) is 9.59 Å². The Morgan fingerprint density at radius 1 is 1.18 bits per heavy atom. The summed E-state index contributed by atoms with van der Waals surface area (Å²) in [5.41, 5.74) is 7.90. The molecule has 3 unspecified atom stereocenters. The van der Waals surface area contributed by atoms with E-state index >= 15 is 0 Å². The summed E-state index contributed by atoms with van der Waals surface area (Å²) in [5.74, 6) is 0.146. The monoisotopic (exact) mass is 535 g/mol. The van der Waals surface area contributed by atoms with Gasteiger partial charge in [0, 0.05) is 18.5 Å². The van der Waals surface area contributed by atoms with Crippen molar-refractivity contribution >= 4 is 23.0 Å². The zero-order valence-electron chi connectivity index (χ0n) is 23.6. The van der Waals surface area contributed by atoms with E-state index in [2.05, 4.69) is 16.9 Å². The van der Waals surface area contributed by atoms with Gasteiger partial charge in [-0.25, -0.2) is 9.37 Å². The van der Waals surface area contributed by atoms with Crippen LogP contribution in [0.1, 0.15) is 94.5 Å². The quantitative estimate of drug-likeness (QED) is 0.309. The number of carbonyl (C=O) groups excluding carboxylic acids is 2. The van der Waals surface area contributed by atoms with Crippen molar-refractivity contribution < 1.29 is 14.0 Å². The molecule has 1 saturated heterocycles. The summed E-state index contributed by atoms with van der Waals surface area (Å²) < 4.78 is 13.3. The SMILES string of the molecule is CC(C)/C(=C/C(=N)c1ccc(F)cc1)c1ncc(C(=O)C2CC(C)N(C(=O)C3(N)CCCCC3)CCC2C)[nH]1. The van der Waals surface area contributed by atoms with E-state index in [1.807, 2.05) is 25.7 Å². The number of aromatic nitrogens is 2. The molecule has 4 N–H and O–H groups in total. The summed E-state index contributed by atoms with van der Waals surface area (Å²) in [7, 11) is 0. The Labute approximate surface area is 231 Å². The molecule has 2 heterocycles. The first-order valence-electron chi connectivity index (χ1n) is 14.3. The molecular weight excluding hydrogens is 493 g/mol. The number of hydrogen-bond acceptors (Lipinski definition) is 5. The smallest absolute Gasteiger partial charge is 0.242 e. The molecule has 2 aromatic rings. The van der Waals surface area contributed by atoms with Crippen LogP contribution in [0.5, 0.6) is 0 Å². The van der Waals surface area contributed by atoms with Crippen LogP contribution in [0.2, 0.25) is 0 Å². The molecule has 3 atom stereocenters. The van der Waals surface area contributed by atoms with Crippen LogP contribution in [0, 0.1) is 29.0 Å². The first-order chi connectivity index (χ1) is 18.5. The lowest BCUT2D eigenvalue weighted by molar-refractivity contribution is -0.140. The number of Topliss-reactive ketones (excluding diaryl/α,β-unsaturated/α-hetero) is 1. The summed E-state index contributed by atoms with van der Waals surface area (Å²) in [6, 6.07) is 5.74. The fourth-order valence-corrected chi connectivity index (χ4v) is 6.01. The van der Waals surface area contributed by atoms with E-state index < -0.39 is 5.54 Å². The van der Waals surface area contributed by atoms with Crippen molar-refractivity contribution in [3.8, 4) is 0 Å². The fourth-order valence-electron chi connectivity index (χ4n) is 6.01. The molecule has 2 fully saturated rings. The molecular formula is C31H42FN5O2. The predicted molar refractivity (Wildman–Crippen MR) is 152 cm³/mol. The average molecular weight is 536 g/mol. The average Bonchev–Trinajstić information content (AvgIpc) is 3.34. The molecule has 1 aliphatic carbocycles. The third-order valence-corrected chi connectivity index (χ3v) is 8.60. The van der Waals surface area contributed by atoms with Crippen molar-refractivity contribution in [3.63, 3.8) is 0 Å². The topological polar surface area (TPSA) is 116 Å². The number of nitrogens with two attached hydrogens (primary N) is 1. The number of carbonyl (C=O) groups is 2. The van der Waals surface area contributed by atoms with Crippen molar-refractivity contribution in [2.75, 3.05) is 6.54 Å². The van der Waals surface area contributed by atoms with Gasteiger partial charge >= 0.3 is 0 Å². The fraction of sp³-hybridized carbons (Fsp3) is 0.548. The number of allylic oxidation sites excluding steroid dienone is 2. The molecule has 4 rings (SSSR count). The highest BCUT2D eigenvalue weighted by Crippen LogP contribution is 2.34. The summed E-state index contributed by atoms with van der Waals surface area (Å²) in [6.07, 6.45) is 9.19. The Bertz CT molecular complexity index is 1230. The van der Waals surface area contributed by atoms with Gasteiger partial charge in [0.25, 0.3) is 0 Å². The van der Waals surface area contributed by atoms with Gasteiger partial charge in [-0.2, -0.15) is 0 Å². The third-order valence-electron chi connectivity index (χ3n) is 8.60. The van der Waals surface area contributed by atoms with Crippen LogP contribution in [-0.2, 0) is 4.79 Å². The number of nitrogens with zero attached hydrogens (tertiary/aromatic N) is 2. The minimum atomic E-state index is -0.779. The van der Waals surface area contributed by atoms with Gasteiger partial charge in [-0.15, -0.1) is 0 Å². The Kier molecular flexibility index (Phi) is 8.84. The van der Waals surface area contributed by atoms with Gasteiger partial charge in [-0.05, 0) is 85.9 Å². The molecule has 210 valence electrons. The number of amides is 1. The lowest BCUT2D eigenvalue weighted by Gasteiger charge is -2.39. The number of benzene rings is 1. The van der Waals surface area contributed by atoms with Crippen LogP contribution in [0.15, 0.2) is 36.5 Å². The number of hydrogen-bond donors (Lipinski definition) is 3. The van der Waals surface area contributed by atoms with E-state index in [4.69, 9.17) is 11.1 Å². The Hall–Kier alpha value is -3.13. The van der Waals surface area contributed by atoms with Crippen molar-refractivity contribution in [2.45, 2.75) is 84.2 Å². The van der Waals surface area contributed by atoms with Gasteiger partial charge in [-0.1, -0.05) is 40.0 Å². The molecule has 2 aliphatic rings. The molecule has 39 heavy (non-hydrogen) atoms. The number of rotatable bonds is 7. The number of H-pyrrole nitrogens is 1. The lowest BCUT2D eigenvalue weighted by Crippen LogP contribution is -2.58. The van der Waals surface area contributed by atoms with Crippen LogP contribution in [0.4, 0.5) is 4.39 Å². The molecule has 0 radical (unpaired) electrons. The third kappa shape index (κ3) is 6.38. The molecule has 1 aromatic carbocycles. The van der Waals surface area contributed by atoms with Crippen molar-refractivity contribution in [2.24, 2.45) is 23.5 Å². The maximum atomic E-state index is 13.7. The minimum absolute atomic E-state index is 0.000700. The minimum Gasteiger partial charge on any atom is -0.338 e. The Morgan fingerprint density at radius 3 is 2.49 bits per heavy atom. The first-order valence-corrected chi connectivity index (χ1v) is 14.3. The van der Waals surface area contributed by atoms with Gasteiger partial charge in [0.15, 0.2) is 5.78 Å². The lowest BCUT2D eigenvalue weighted by atomic mass is 9.81. The number of imidazole rings is 1. The zero-order chi connectivity index (χ0) is 28.3. The molecule has 1 aliphatic heterocycles. The highest BCUT2D eigenvalue weighted by atomic mass is 19.1. The van der Waals surface area contributed by atoms with Crippen LogP contribution in [-0.4, -0.2) is 50.4 Å². The molecule has 8 heteroatoms. The first kappa shape index (κ1) is 28.9. The van der Waals surface area contributed by atoms with Crippen LogP contribution >= 0.6 is 0 Å². The normalized spacial score (nSPS) is 23.9. The summed E-state index contributed by atoms with van der Waals surface area (Å²) in [5, 5.41) is 8.49. The van der Waals surface area contributed by atoms with Crippen molar-refractivity contribution in [1.29, 1.82) is 5.41 Å². The maximum absolute atomic E-state index is 13.7. The molecule has 7 nitrogen and oxygen atoms in total. The number of halogens is 1. The van der Waals surface area contributed by atoms with E-state index in [1.54, 1.807) is 24.4 Å². The van der Waals surface area contributed by atoms with Gasteiger partial charge in [0.05, 0.1) is 17.4 Å². The van der Waals surface area contributed by atoms with Crippen molar-refractivity contribution in [1.82, 2.24) is 14.9 Å². The highest BCUT2D eigenvalue weighted by Gasteiger charge is 2.42. The standard InChI is InChI=1S/C31H42FN5O2/c1-19(2)24(17-26(33)22-8-10-23(32)11-9-22)29-35-18-27(36-29)28(38)25-16-21(4)37(15-12-20(25)3)30(39)31(34)13-6-5-7-14-31/h8-11,17-21,25,33H,5-7,12-16,34H2,1-4H3,(H,35,36)/b24-17-,33-26?. The van der Waals surface area contributed by atoms with Crippen LogP contribution in [0.25, 0.3) is 5.57 Å². The van der Waals surface area contributed by atoms with E-state index in [1.165, 1.54) is 12.1 Å². The van der Waals surface area contributed by atoms with Gasteiger partial charge in [0.2, 0.25) is 5.91 Å². The number of nitrogens with one attached hydrogen (secondary N) is 2. The molecule has 0 spiro atoms. The van der Waals surface area contributed by atoms with Gasteiger partial charge in [0.1, 0.15) is 17.3 Å². The Balaban J connectivity index is 1.51. The largest absolute Gasteiger partial charge is 0.338 e. The second-order valence-electron chi connectivity index (χ2n) is 11.9. The Morgan fingerprint density at radius 2 is 1.85 bits per heavy atom. The van der Waals surface area contributed by atoms with Gasteiger partial charge < -0.3 is 21.0 Å². The summed E-state index contributed by atoms with van der Waals surface area (Å²) in [6.45, 7) is 8.74.